The maximum atomic E-state index is 12.6. The highest BCUT2D eigenvalue weighted by Gasteiger charge is 2.25. The highest BCUT2D eigenvalue weighted by Crippen LogP contribution is 2.40. The quantitative estimate of drug-likeness (QED) is 0.312. The van der Waals surface area contributed by atoms with Crippen molar-refractivity contribution in [3.63, 3.8) is 0 Å². The van der Waals surface area contributed by atoms with Gasteiger partial charge in [0.1, 0.15) is 17.1 Å². The van der Waals surface area contributed by atoms with Gasteiger partial charge in [-0.05, 0) is 56.2 Å². The summed E-state index contributed by atoms with van der Waals surface area (Å²) in [6, 6.07) is 5.47. The van der Waals surface area contributed by atoms with Gasteiger partial charge in [0.2, 0.25) is 11.8 Å². The van der Waals surface area contributed by atoms with E-state index in [1.54, 1.807) is 55.9 Å². The summed E-state index contributed by atoms with van der Waals surface area (Å²) in [5.41, 5.74) is 1.96. The van der Waals surface area contributed by atoms with E-state index in [0.717, 1.165) is 18.4 Å². The van der Waals surface area contributed by atoms with Crippen LogP contribution in [0.2, 0.25) is 0 Å². The minimum atomic E-state index is -0.270. The molecule has 0 bridgehead atoms. The van der Waals surface area contributed by atoms with E-state index in [9.17, 15) is 9.59 Å². The Labute approximate surface area is 196 Å². The molecule has 0 atom stereocenters. The van der Waals surface area contributed by atoms with Gasteiger partial charge in [0.15, 0.2) is 11.4 Å². The van der Waals surface area contributed by atoms with Gasteiger partial charge in [0.05, 0.1) is 0 Å². The number of hydrogen-bond acceptors (Lipinski definition) is 7. The number of carbonyl (C=O) groups excluding carboxylic acids is 1. The number of amides is 1. The Balaban J connectivity index is 1.61. The molecule has 3 heterocycles. The average Bonchev–Trinajstić information content (AvgIpc) is 3.61. The van der Waals surface area contributed by atoms with E-state index in [4.69, 9.17) is 9.47 Å². The van der Waals surface area contributed by atoms with Gasteiger partial charge >= 0.3 is 6.01 Å². The Morgan fingerprint density at radius 1 is 1.29 bits per heavy atom. The molecule has 4 rings (SSSR count). The van der Waals surface area contributed by atoms with Gasteiger partial charge in [0.25, 0.3) is 5.56 Å². The van der Waals surface area contributed by atoms with Gasteiger partial charge in [-0.3, -0.25) is 14.2 Å². The highest BCUT2D eigenvalue weighted by molar-refractivity contribution is 5.75. The summed E-state index contributed by atoms with van der Waals surface area (Å²) in [5, 5.41) is 2.56. The number of hydrogen-bond donors (Lipinski definition) is 1. The molecule has 0 aliphatic heterocycles. The van der Waals surface area contributed by atoms with Crippen LogP contribution >= 0.6 is 0 Å². The maximum Gasteiger partial charge on any atom is 0.304 e. The molecule has 0 unspecified atom stereocenters. The molecule has 1 aliphatic rings. The normalized spacial score (nSPS) is 14.2. The first kappa shape index (κ1) is 23.0. The Morgan fingerprint density at radius 2 is 2.06 bits per heavy atom. The second-order valence-corrected chi connectivity index (χ2v) is 8.04. The van der Waals surface area contributed by atoms with E-state index in [1.807, 2.05) is 6.20 Å². The Morgan fingerprint density at radius 3 is 2.71 bits per heavy atom. The second kappa shape index (κ2) is 9.34. The molecule has 34 heavy (non-hydrogen) atoms. The number of allylic oxidation sites excluding steroid dienone is 2. The van der Waals surface area contributed by atoms with Crippen molar-refractivity contribution < 1.29 is 14.3 Å². The SMILES string of the molecule is C=N/C(=C\C(=C/C)Oc1ccc2nc(Oc3cc(C4CC4)cn(C)c3=O)n(C)c2n1)NC(C)=O. The number of ether oxygens (including phenoxy) is 2. The molecule has 10 nitrogen and oxygen atoms in total. The lowest BCUT2D eigenvalue weighted by atomic mass is 10.2. The predicted octanol–water partition coefficient (Wildman–Crippen LogP) is 3.30. The summed E-state index contributed by atoms with van der Waals surface area (Å²) in [4.78, 5) is 36.7. The number of imidazole rings is 1. The average molecular weight is 463 g/mol. The number of pyridine rings is 2. The van der Waals surface area contributed by atoms with Crippen molar-refractivity contribution in [3.8, 4) is 17.6 Å². The topological polar surface area (TPSA) is 113 Å². The Hall–Kier alpha value is -4.21. The Kier molecular flexibility index (Phi) is 6.31. The fourth-order valence-corrected chi connectivity index (χ4v) is 3.42. The number of rotatable bonds is 8. The van der Waals surface area contributed by atoms with Crippen molar-refractivity contribution in [2.24, 2.45) is 19.1 Å². The summed E-state index contributed by atoms with van der Waals surface area (Å²) in [6.45, 7) is 6.61. The lowest BCUT2D eigenvalue weighted by Crippen LogP contribution is -2.18. The number of nitrogens with one attached hydrogen (secondary N) is 1. The van der Waals surface area contributed by atoms with Crippen molar-refractivity contribution in [2.75, 3.05) is 0 Å². The van der Waals surface area contributed by atoms with Gasteiger partial charge in [-0.15, -0.1) is 0 Å². The first-order chi connectivity index (χ1) is 16.3. The number of aryl methyl sites for hydroxylation is 2. The van der Waals surface area contributed by atoms with Gasteiger partial charge in [0, 0.05) is 39.4 Å². The monoisotopic (exact) mass is 462 g/mol. The maximum absolute atomic E-state index is 12.6. The summed E-state index contributed by atoms with van der Waals surface area (Å²) in [7, 11) is 3.47. The van der Waals surface area contributed by atoms with Gasteiger partial charge in [-0.2, -0.15) is 9.97 Å². The molecular formula is C24H26N6O4. The van der Waals surface area contributed by atoms with Crippen LogP contribution in [-0.2, 0) is 18.9 Å². The fraction of sp³-hybridized carbons (Fsp3) is 0.292. The molecule has 1 saturated carbocycles. The first-order valence-electron chi connectivity index (χ1n) is 10.8. The second-order valence-electron chi connectivity index (χ2n) is 8.04. The highest BCUT2D eigenvalue weighted by atomic mass is 16.5. The lowest BCUT2D eigenvalue weighted by molar-refractivity contribution is -0.118. The summed E-state index contributed by atoms with van der Waals surface area (Å²) in [6.07, 6.45) is 7.35. The molecule has 1 amide bonds. The fourth-order valence-electron chi connectivity index (χ4n) is 3.42. The zero-order chi connectivity index (χ0) is 24.4. The minimum absolute atomic E-state index is 0.227. The van der Waals surface area contributed by atoms with Gasteiger partial charge in [-0.25, -0.2) is 4.99 Å². The number of aromatic nitrogens is 4. The number of fused-ring (bicyclic) bond motifs is 1. The standard InChI is InChI=1S/C24H26N6O4/c1-6-17(12-20(25-3)26-14(2)31)33-21-10-9-18-22(28-21)30(5)24(27-18)34-19-11-16(15-7-8-15)13-29(4)23(19)32/h6,9-13,15H,3,7-8H2,1-2,4-5H3,(H,26,31)/b17-6+,20-12+. The molecule has 0 radical (unpaired) electrons. The number of carbonyl (C=O) groups is 1. The number of aliphatic imine (C=N–C) groups is 1. The van der Waals surface area contributed by atoms with Gasteiger partial charge < -0.3 is 19.4 Å². The summed E-state index contributed by atoms with van der Waals surface area (Å²) >= 11 is 0. The molecule has 1 fully saturated rings. The zero-order valence-electron chi connectivity index (χ0n) is 19.5. The molecule has 0 saturated heterocycles. The van der Waals surface area contributed by atoms with Crippen molar-refractivity contribution in [1.82, 2.24) is 24.4 Å². The molecule has 1 aliphatic carbocycles. The van der Waals surface area contributed by atoms with Crippen molar-refractivity contribution in [3.05, 3.63) is 64.0 Å². The Bertz CT molecular complexity index is 1390. The van der Waals surface area contributed by atoms with E-state index in [-0.39, 0.29) is 29.0 Å². The largest absolute Gasteiger partial charge is 0.439 e. The van der Waals surface area contributed by atoms with Crippen molar-refractivity contribution >= 4 is 23.8 Å². The summed E-state index contributed by atoms with van der Waals surface area (Å²) < 4.78 is 15.0. The van der Waals surface area contributed by atoms with E-state index in [2.05, 4.69) is 27.0 Å². The predicted molar refractivity (Wildman–Crippen MR) is 128 cm³/mol. The van der Waals surface area contributed by atoms with Crippen LogP contribution < -0.4 is 20.3 Å². The molecule has 3 aromatic rings. The van der Waals surface area contributed by atoms with Crippen LogP contribution in [0.15, 0.2) is 57.9 Å². The molecular weight excluding hydrogens is 436 g/mol. The van der Waals surface area contributed by atoms with Crippen LogP contribution in [0, 0.1) is 0 Å². The molecule has 1 N–H and O–H groups in total. The molecule has 10 heteroatoms. The van der Waals surface area contributed by atoms with Crippen LogP contribution in [0.4, 0.5) is 0 Å². The van der Waals surface area contributed by atoms with Crippen LogP contribution in [0.5, 0.6) is 17.6 Å². The van der Waals surface area contributed by atoms with E-state index < -0.39 is 0 Å². The van der Waals surface area contributed by atoms with E-state index in [0.29, 0.717) is 28.7 Å². The van der Waals surface area contributed by atoms with Crippen LogP contribution in [0.3, 0.4) is 0 Å². The molecule has 0 aromatic carbocycles. The van der Waals surface area contributed by atoms with E-state index >= 15 is 0 Å². The van der Waals surface area contributed by atoms with Crippen molar-refractivity contribution in [2.45, 2.75) is 32.6 Å². The van der Waals surface area contributed by atoms with Crippen molar-refractivity contribution in [1.29, 1.82) is 0 Å². The third kappa shape index (κ3) is 4.90. The molecule has 176 valence electrons. The van der Waals surface area contributed by atoms with Gasteiger partial charge in [-0.1, -0.05) is 0 Å². The third-order valence-corrected chi connectivity index (χ3v) is 5.33. The smallest absolute Gasteiger partial charge is 0.304 e. The summed E-state index contributed by atoms with van der Waals surface area (Å²) in [5.74, 6) is 1.42. The molecule has 3 aromatic heterocycles. The number of nitrogens with zero attached hydrogens (tertiary/aromatic N) is 5. The first-order valence-corrected chi connectivity index (χ1v) is 10.8. The molecule has 0 spiro atoms. The van der Waals surface area contributed by atoms with E-state index in [1.165, 1.54) is 11.5 Å². The minimum Gasteiger partial charge on any atom is -0.439 e. The van der Waals surface area contributed by atoms with Crippen LogP contribution in [0.25, 0.3) is 11.2 Å². The zero-order valence-corrected chi connectivity index (χ0v) is 19.5. The van der Waals surface area contributed by atoms with Crippen LogP contribution in [0.1, 0.15) is 38.2 Å². The van der Waals surface area contributed by atoms with Crippen LogP contribution in [-0.4, -0.2) is 31.7 Å². The lowest BCUT2D eigenvalue weighted by Gasteiger charge is -2.09. The third-order valence-electron chi connectivity index (χ3n) is 5.33.